The average Bonchev–Trinajstić information content (AvgIpc) is 2.91. The molecule has 10 heteroatoms. The normalized spacial score (nSPS) is 12.8. The highest BCUT2D eigenvalue weighted by Crippen LogP contribution is 2.40. The number of fused-ring (bicyclic) bond motifs is 3. The Balaban J connectivity index is 2.08. The molecule has 162 valence electrons. The van der Waals surface area contributed by atoms with E-state index in [1.165, 1.54) is 30.3 Å². The topological polar surface area (TPSA) is 37.8 Å². The van der Waals surface area contributed by atoms with Gasteiger partial charge < -0.3 is 9.55 Å². The molecule has 0 aliphatic rings. The highest BCUT2D eigenvalue weighted by Gasteiger charge is 2.33. The first-order chi connectivity index (χ1) is 14.4. The van der Waals surface area contributed by atoms with Gasteiger partial charge in [-0.05, 0) is 64.9 Å². The molecule has 0 spiro atoms. The van der Waals surface area contributed by atoms with E-state index in [0.717, 1.165) is 16.7 Å². The molecule has 0 saturated heterocycles. The summed E-state index contributed by atoms with van der Waals surface area (Å²) in [5, 5.41) is 1.10. The highest BCUT2D eigenvalue weighted by atomic mass is 127. The quantitative estimate of drug-likeness (QED) is 0.221. The molecule has 4 rings (SSSR count). The Morgan fingerprint density at radius 3 is 2.19 bits per heavy atom. The van der Waals surface area contributed by atoms with Crippen LogP contribution in [0.25, 0.3) is 33.1 Å². The smallest absolute Gasteiger partial charge is 0.331 e. The Morgan fingerprint density at radius 2 is 1.61 bits per heavy atom. The molecule has 0 amide bonds. The van der Waals surface area contributed by atoms with E-state index in [9.17, 15) is 31.1 Å². The highest BCUT2D eigenvalue weighted by molar-refractivity contribution is 14.1. The van der Waals surface area contributed by atoms with Gasteiger partial charge in [-0.2, -0.15) is 26.3 Å². The minimum Gasteiger partial charge on any atom is -0.331 e. The first-order valence-electron chi connectivity index (χ1n) is 8.95. The maximum absolute atomic E-state index is 13.4. The molecule has 4 aromatic rings. The molecule has 3 nitrogen and oxygen atoms in total. The molecule has 0 bridgehead atoms. The summed E-state index contributed by atoms with van der Waals surface area (Å²) in [6.07, 6.45) is -9.10. The number of halogens is 7. The van der Waals surface area contributed by atoms with E-state index in [1.54, 1.807) is 6.92 Å². The third-order valence-corrected chi connectivity index (χ3v) is 5.90. The lowest BCUT2D eigenvalue weighted by molar-refractivity contribution is -0.139. The largest absolute Gasteiger partial charge is 0.416 e. The van der Waals surface area contributed by atoms with Crippen LogP contribution < -0.4 is 5.56 Å². The Kier molecular flexibility index (Phi) is 5.10. The molecule has 2 heterocycles. The minimum atomic E-state index is -4.55. The van der Waals surface area contributed by atoms with Gasteiger partial charge in [-0.3, -0.25) is 4.79 Å². The number of benzene rings is 2. The average molecular weight is 550 g/mol. The van der Waals surface area contributed by atoms with E-state index in [-0.39, 0.29) is 22.3 Å². The van der Waals surface area contributed by atoms with E-state index >= 15 is 0 Å². The number of rotatable bonds is 2. The van der Waals surface area contributed by atoms with Crippen LogP contribution in [0.3, 0.4) is 0 Å². The number of nitrogens with one attached hydrogen (secondary N) is 1. The first kappa shape index (κ1) is 21.7. The summed E-state index contributed by atoms with van der Waals surface area (Å²) in [5.74, 6) is 0. The summed E-state index contributed by atoms with van der Waals surface area (Å²) >= 11 is 1.95. The molecule has 0 radical (unpaired) electrons. The molecule has 2 aromatic carbocycles. The predicted octanol–water partition coefficient (Wildman–Crippen LogP) is 6.64. The van der Waals surface area contributed by atoms with Crippen molar-refractivity contribution in [2.75, 3.05) is 0 Å². The van der Waals surface area contributed by atoms with Crippen molar-refractivity contribution >= 4 is 44.4 Å². The fourth-order valence-electron chi connectivity index (χ4n) is 3.88. The number of hydrogen-bond donors (Lipinski definition) is 1. The van der Waals surface area contributed by atoms with Crippen LogP contribution in [0.1, 0.15) is 11.1 Å². The second-order valence-corrected chi connectivity index (χ2v) is 8.28. The molecule has 0 unspecified atom stereocenters. The molecular formula is C21H13F6IN2O. The molecule has 1 N–H and O–H groups in total. The fraction of sp³-hybridized carbons (Fsp3) is 0.190. The van der Waals surface area contributed by atoms with Gasteiger partial charge in [-0.1, -0.05) is 12.1 Å². The van der Waals surface area contributed by atoms with Crippen molar-refractivity contribution < 1.29 is 26.3 Å². The molecule has 0 aliphatic carbocycles. The Labute approximate surface area is 184 Å². The van der Waals surface area contributed by atoms with Crippen molar-refractivity contribution in [1.29, 1.82) is 0 Å². The van der Waals surface area contributed by atoms with Crippen LogP contribution in [0.2, 0.25) is 0 Å². The van der Waals surface area contributed by atoms with E-state index in [2.05, 4.69) is 4.98 Å². The molecule has 0 saturated carbocycles. The molecule has 0 fully saturated rings. The predicted molar refractivity (Wildman–Crippen MR) is 114 cm³/mol. The van der Waals surface area contributed by atoms with Crippen LogP contribution in [0.15, 0.2) is 47.3 Å². The van der Waals surface area contributed by atoms with Crippen LogP contribution in [0, 0.1) is 10.5 Å². The maximum atomic E-state index is 13.4. The molecular weight excluding hydrogens is 537 g/mol. The Hall–Kier alpha value is -2.50. The number of aryl methyl sites for hydroxylation is 1. The van der Waals surface area contributed by atoms with Gasteiger partial charge in [0.1, 0.15) is 6.54 Å². The number of pyridine rings is 1. The lowest BCUT2D eigenvalue weighted by atomic mass is 10.0. The minimum absolute atomic E-state index is 0.176. The summed E-state index contributed by atoms with van der Waals surface area (Å²) in [4.78, 5) is 14.5. The van der Waals surface area contributed by atoms with Gasteiger partial charge in [0.2, 0.25) is 5.56 Å². The number of H-pyrrole nitrogens is 1. The van der Waals surface area contributed by atoms with Gasteiger partial charge in [0.05, 0.1) is 16.8 Å². The summed E-state index contributed by atoms with van der Waals surface area (Å²) < 4.78 is 80.7. The lowest BCUT2D eigenvalue weighted by Crippen LogP contribution is -2.18. The number of alkyl halides is 6. The standard InChI is InChI=1S/C21H13F6IN2O/c1-10-17-15(7-6-14-18(17)13(28)8-16(31)29-14)30(9-20(22,23)24)19(10)11-2-4-12(5-3-11)21(25,26)27/h2-8H,9H2,1H3,(H,29,31). The number of aromatic amines is 1. The summed E-state index contributed by atoms with van der Waals surface area (Å²) in [6.45, 7) is 0.321. The van der Waals surface area contributed by atoms with Gasteiger partial charge in [0.15, 0.2) is 0 Å². The van der Waals surface area contributed by atoms with Gasteiger partial charge in [0, 0.05) is 25.9 Å². The van der Waals surface area contributed by atoms with Gasteiger partial charge in [-0.15, -0.1) is 0 Å². The van der Waals surface area contributed by atoms with Crippen molar-refractivity contribution in [1.82, 2.24) is 9.55 Å². The number of aromatic nitrogens is 2. The van der Waals surface area contributed by atoms with Gasteiger partial charge in [-0.25, -0.2) is 0 Å². The molecule has 31 heavy (non-hydrogen) atoms. The fourth-order valence-corrected chi connectivity index (χ4v) is 4.72. The zero-order valence-corrected chi connectivity index (χ0v) is 17.9. The SMILES string of the molecule is Cc1c(-c2ccc(C(F)(F)F)cc2)n(CC(F)(F)F)c2ccc3[nH]c(=O)cc(I)c3c12. The van der Waals surface area contributed by atoms with Crippen molar-refractivity contribution in [3.63, 3.8) is 0 Å². The second kappa shape index (κ2) is 7.28. The number of hydrogen-bond acceptors (Lipinski definition) is 1. The summed E-state index contributed by atoms with van der Waals surface area (Å²) in [6, 6.07) is 8.41. The van der Waals surface area contributed by atoms with Crippen molar-refractivity contribution in [3.8, 4) is 11.3 Å². The van der Waals surface area contributed by atoms with Crippen LogP contribution >= 0.6 is 22.6 Å². The monoisotopic (exact) mass is 550 g/mol. The third kappa shape index (κ3) is 3.92. The van der Waals surface area contributed by atoms with E-state index in [0.29, 0.717) is 25.4 Å². The molecule has 0 aliphatic heterocycles. The Bertz CT molecular complexity index is 1360. The molecule has 2 aromatic heterocycles. The van der Waals surface area contributed by atoms with Crippen molar-refractivity contribution in [3.05, 3.63) is 67.5 Å². The van der Waals surface area contributed by atoms with Gasteiger partial charge in [0.25, 0.3) is 0 Å². The van der Waals surface area contributed by atoms with Crippen molar-refractivity contribution in [2.45, 2.75) is 25.8 Å². The third-order valence-electron chi connectivity index (χ3n) is 5.05. The lowest BCUT2D eigenvalue weighted by Gasteiger charge is -2.15. The zero-order chi connectivity index (χ0) is 22.7. The molecule has 0 atom stereocenters. The van der Waals surface area contributed by atoms with Crippen molar-refractivity contribution in [2.24, 2.45) is 0 Å². The zero-order valence-electron chi connectivity index (χ0n) is 15.7. The van der Waals surface area contributed by atoms with E-state index in [4.69, 9.17) is 0 Å². The van der Waals surface area contributed by atoms with Gasteiger partial charge >= 0.3 is 12.4 Å². The first-order valence-corrected chi connectivity index (χ1v) is 10.0. The summed E-state index contributed by atoms with van der Waals surface area (Å²) in [5.41, 5.74) is 0.415. The van der Waals surface area contributed by atoms with E-state index < -0.39 is 24.5 Å². The van der Waals surface area contributed by atoms with Crippen LogP contribution in [0.5, 0.6) is 0 Å². The van der Waals surface area contributed by atoms with Crippen LogP contribution in [-0.2, 0) is 12.7 Å². The number of nitrogens with zero attached hydrogens (tertiary/aromatic N) is 1. The van der Waals surface area contributed by atoms with E-state index in [1.807, 2.05) is 22.6 Å². The second-order valence-electron chi connectivity index (χ2n) is 7.11. The van der Waals surface area contributed by atoms with Crippen LogP contribution in [0.4, 0.5) is 26.3 Å². The maximum Gasteiger partial charge on any atom is 0.416 e. The van der Waals surface area contributed by atoms with Crippen LogP contribution in [-0.4, -0.2) is 15.7 Å². The summed E-state index contributed by atoms with van der Waals surface area (Å²) in [7, 11) is 0. The Morgan fingerprint density at radius 1 is 0.968 bits per heavy atom.